The Bertz CT molecular complexity index is 1570. The van der Waals surface area contributed by atoms with Crippen molar-refractivity contribution in [1.29, 1.82) is 0 Å². The van der Waals surface area contributed by atoms with Gasteiger partial charge in [-0.25, -0.2) is 9.97 Å². The van der Waals surface area contributed by atoms with E-state index in [1.807, 2.05) is 96.4 Å². The van der Waals surface area contributed by atoms with Crippen molar-refractivity contribution in [2.75, 3.05) is 6.61 Å². The van der Waals surface area contributed by atoms with E-state index in [-0.39, 0.29) is 13.2 Å². The van der Waals surface area contributed by atoms with E-state index in [1.165, 1.54) is 11.3 Å². The van der Waals surface area contributed by atoms with Gasteiger partial charge in [0.2, 0.25) is 5.79 Å². The molecule has 3 heterocycles. The summed E-state index contributed by atoms with van der Waals surface area (Å²) in [5.74, 6) is -1.82. The molecule has 7 nitrogen and oxygen atoms in total. The molecule has 2 aromatic heterocycles. The highest BCUT2D eigenvalue weighted by molar-refractivity contribution is 7.11. The van der Waals surface area contributed by atoms with Gasteiger partial charge in [-0.05, 0) is 23.1 Å². The Hall–Kier alpha value is -3.50. The van der Waals surface area contributed by atoms with Gasteiger partial charge < -0.3 is 24.1 Å². The number of aryl methyl sites for hydroxylation is 1. The molecule has 6 rings (SSSR count). The van der Waals surface area contributed by atoms with Gasteiger partial charge in [0.1, 0.15) is 24.6 Å². The first-order chi connectivity index (χ1) is 20.7. The summed E-state index contributed by atoms with van der Waals surface area (Å²) >= 11 is 1.40. The largest absolute Gasteiger partial charge is 0.374 e. The summed E-state index contributed by atoms with van der Waals surface area (Å²) in [6.07, 6.45) is 0.210. The maximum absolute atomic E-state index is 12.5. The van der Waals surface area contributed by atoms with E-state index in [2.05, 4.69) is 16.9 Å². The van der Waals surface area contributed by atoms with Crippen molar-refractivity contribution in [3.8, 4) is 0 Å². The van der Waals surface area contributed by atoms with E-state index in [9.17, 15) is 5.11 Å². The molecule has 1 aliphatic rings. The third kappa shape index (κ3) is 6.15. The minimum atomic E-state index is -1.82. The van der Waals surface area contributed by atoms with Crippen LogP contribution in [0.3, 0.4) is 0 Å². The van der Waals surface area contributed by atoms with Crippen molar-refractivity contribution >= 4 is 22.2 Å². The molecule has 1 fully saturated rings. The van der Waals surface area contributed by atoms with E-state index in [4.69, 9.17) is 18.9 Å². The lowest BCUT2D eigenvalue weighted by atomic mass is 10.0. The molecule has 0 bridgehead atoms. The first kappa shape index (κ1) is 28.6. The van der Waals surface area contributed by atoms with Crippen molar-refractivity contribution < 1.29 is 24.1 Å². The number of benzene rings is 3. The van der Waals surface area contributed by atoms with E-state index in [0.29, 0.717) is 23.6 Å². The molecule has 0 radical (unpaired) electrons. The van der Waals surface area contributed by atoms with Crippen LogP contribution in [0.15, 0.2) is 103 Å². The zero-order valence-corrected chi connectivity index (χ0v) is 24.3. The van der Waals surface area contributed by atoms with Crippen molar-refractivity contribution in [2.45, 2.75) is 57.3 Å². The molecule has 1 saturated heterocycles. The number of fused-ring (bicyclic) bond motifs is 1. The number of ether oxygens (including phenoxy) is 4. The van der Waals surface area contributed by atoms with Crippen molar-refractivity contribution in [3.63, 3.8) is 0 Å². The zero-order chi connectivity index (χ0) is 28.8. The Labute approximate surface area is 249 Å². The molecule has 4 unspecified atom stereocenters. The molecule has 0 amide bonds. The molecule has 1 aliphatic heterocycles. The van der Waals surface area contributed by atoms with Crippen LogP contribution in [0.4, 0.5) is 0 Å². The Balaban J connectivity index is 1.34. The van der Waals surface area contributed by atoms with E-state index >= 15 is 0 Å². The number of aliphatic hydroxyl groups is 1. The first-order valence-corrected chi connectivity index (χ1v) is 15.1. The molecule has 3 aromatic carbocycles. The summed E-state index contributed by atoms with van der Waals surface area (Å²) in [7, 11) is 0. The predicted octanol–water partition coefficient (Wildman–Crippen LogP) is 6.19. The van der Waals surface area contributed by atoms with Crippen LogP contribution < -0.4 is 0 Å². The number of hydrogen-bond donors (Lipinski definition) is 1. The van der Waals surface area contributed by atoms with Gasteiger partial charge in [0.15, 0.2) is 0 Å². The number of hydrogen-bond acceptors (Lipinski definition) is 8. The van der Waals surface area contributed by atoms with Gasteiger partial charge in [0, 0.05) is 10.8 Å². The van der Waals surface area contributed by atoms with Crippen molar-refractivity contribution in [2.24, 2.45) is 0 Å². The smallest absolute Gasteiger partial charge is 0.234 e. The maximum atomic E-state index is 12.5. The summed E-state index contributed by atoms with van der Waals surface area (Å²) in [5.41, 5.74) is 4.64. The van der Waals surface area contributed by atoms with Crippen LogP contribution in [-0.4, -0.2) is 40.0 Å². The monoisotopic (exact) mass is 582 g/mol. The van der Waals surface area contributed by atoms with Crippen LogP contribution in [0.2, 0.25) is 0 Å². The number of rotatable bonds is 12. The van der Waals surface area contributed by atoms with Crippen molar-refractivity contribution in [1.82, 2.24) is 9.97 Å². The van der Waals surface area contributed by atoms with Crippen LogP contribution in [0, 0.1) is 0 Å². The SMILES string of the molecule is CCc1ncnc2c(C3(O)OC(COCc4ccccc4)C(OCc4ccccc4)C3OCc3ccccc3)scc12. The topological polar surface area (TPSA) is 82.9 Å². The van der Waals surface area contributed by atoms with Crippen LogP contribution in [0.1, 0.15) is 34.2 Å². The average molecular weight is 583 g/mol. The van der Waals surface area contributed by atoms with Gasteiger partial charge >= 0.3 is 0 Å². The lowest BCUT2D eigenvalue weighted by Crippen LogP contribution is -2.44. The standard InChI is InChI=1S/C34H34N2O5S/c1-2-28-27-22-42-33(30(27)36-23-35-28)34(37)32(40-20-26-16-10-5-11-17-26)31(39-19-25-14-8-4-9-15-25)29(41-34)21-38-18-24-12-6-3-7-13-24/h3-17,22-23,29,31-32,37H,2,18-21H2,1H3. The fraction of sp³-hybridized carbons (Fsp3) is 0.294. The Kier molecular flexibility index (Phi) is 9.00. The molecule has 4 atom stereocenters. The van der Waals surface area contributed by atoms with Gasteiger partial charge in [-0.3, -0.25) is 0 Å². The molecule has 1 N–H and O–H groups in total. The Morgan fingerprint density at radius 3 is 2.02 bits per heavy atom. The second kappa shape index (κ2) is 13.2. The minimum Gasteiger partial charge on any atom is -0.374 e. The lowest BCUT2D eigenvalue weighted by molar-refractivity contribution is -0.250. The molecule has 8 heteroatoms. The summed E-state index contributed by atoms with van der Waals surface area (Å²) in [4.78, 5) is 9.59. The second-order valence-electron chi connectivity index (χ2n) is 10.3. The minimum absolute atomic E-state index is 0.209. The highest BCUT2D eigenvalue weighted by Crippen LogP contribution is 2.46. The summed E-state index contributed by atoms with van der Waals surface area (Å²) in [6.45, 7) is 3.28. The fourth-order valence-electron chi connectivity index (χ4n) is 5.34. The maximum Gasteiger partial charge on any atom is 0.234 e. The molecule has 0 saturated carbocycles. The van der Waals surface area contributed by atoms with Crippen LogP contribution >= 0.6 is 11.3 Å². The summed E-state index contributed by atoms with van der Waals surface area (Å²) in [5, 5.41) is 15.4. The lowest BCUT2D eigenvalue weighted by Gasteiger charge is -2.30. The van der Waals surface area contributed by atoms with Crippen LogP contribution in [-0.2, 0) is 51.0 Å². The fourth-order valence-corrected chi connectivity index (χ4v) is 6.43. The normalized spacial score (nSPS) is 22.1. The highest BCUT2D eigenvalue weighted by atomic mass is 32.1. The van der Waals surface area contributed by atoms with Crippen LogP contribution in [0.25, 0.3) is 10.9 Å². The number of aromatic nitrogens is 2. The Morgan fingerprint density at radius 2 is 1.40 bits per heavy atom. The third-order valence-electron chi connectivity index (χ3n) is 7.47. The predicted molar refractivity (Wildman–Crippen MR) is 162 cm³/mol. The van der Waals surface area contributed by atoms with Gasteiger partial charge in [0.25, 0.3) is 0 Å². The van der Waals surface area contributed by atoms with Gasteiger partial charge in [0.05, 0.1) is 42.5 Å². The molecule has 0 spiro atoms. The average Bonchev–Trinajstić information content (AvgIpc) is 3.60. The highest BCUT2D eigenvalue weighted by Gasteiger charge is 2.58. The van der Waals surface area contributed by atoms with E-state index in [1.54, 1.807) is 6.33 Å². The molecule has 216 valence electrons. The number of thiophene rings is 1. The van der Waals surface area contributed by atoms with Gasteiger partial charge in [-0.1, -0.05) is 97.9 Å². The molecule has 42 heavy (non-hydrogen) atoms. The first-order valence-electron chi connectivity index (χ1n) is 14.2. The van der Waals surface area contributed by atoms with Crippen LogP contribution in [0.5, 0.6) is 0 Å². The van der Waals surface area contributed by atoms with Crippen molar-refractivity contribution in [3.05, 3.63) is 130 Å². The second-order valence-corrected chi connectivity index (χ2v) is 11.2. The molecule has 5 aromatic rings. The summed E-state index contributed by atoms with van der Waals surface area (Å²) in [6, 6.07) is 29.8. The molecular formula is C34H34N2O5S. The quantitative estimate of drug-likeness (QED) is 0.188. The number of nitrogens with zero attached hydrogens (tertiary/aromatic N) is 2. The van der Waals surface area contributed by atoms with E-state index in [0.717, 1.165) is 34.2 Å². The molecular weight excluding hydrogens is 548 g/mol. The van der Waals surface area contributed by atoms with E-state index < -0.39 is 24.1 Å². The molecule has 0 aliphatic carbocycles. The van der Waals surface area contributed by atoms with Gasteiger partial charge in [-0.2, -0.15) is 0 Å². The van der Waals surface area contributed by atoms with Gasteiger partial charge in [-0.15, -0.1) is 11.3 Å². The Morgan fingerprint density at radius 1 is 0.810 bits per heavy atom. The zero-order valence-electron chi connectivity index (χ0n) is 23.5. The summed E-state index contributed by atoms with van der Waals surface area (Å²) < 4.78 is 25.8. The third-order valence-corrected chi connectivity index (χ3v) is 8.54.